The fourth-order valence-corrected chi connectivity index (χ4v) is 6.52. The number of halogens is 1. The van der Waals surface area contributed by atoms with E-state index in [1.165, 1.54) is 0 Å². The standard InChI is InChI=1S/C44H37N3.ClH.Cu/c1-46(37-24-10-4-11-25-37,38-26-12-5-13-27-38)43-34-20-18-32-41(43)45(36-22-8-3-9-23-36)42-33-19-21-35-44(42)47(2,39-28-14-6-15-29-39)40-30-16-7-17-31-40;;/h3-35H,1-2H2;1H;/q;;+1/p-1. The van der Waals surface area contributed by atoms with E-state index in [0.29, 0.717) is 0 Å². The number of anilines is 3. The second-order valence-corrected chi connectivity index (χ2v) is 11.6. The van der Waals surface area contributed by atoms with Crippen molar-refractivity contribution in [3.63, 3.8) is 0 Å². The molecule has 0 N–H and O–H groups in total. The summed E-state index contributed by atoms with van der Waals surface area (Å²) in [7, 11) is 14.1. The Morgan fingerprint density at radius 2 is 0.592 bits per heavy atom. The molecule has 246 valence electrons. The SMILES string of the molecule is [CH2-][N+](c1ccccc1)(c1ccccc1)c1ccccc1N(c1ccccc1)c1ccccc1[N+]([CH2-])(c1ccccc1)c1ccccc1.[Cl][Cu]. The zero-order chi connectivity index (χ0) is 34.1. The van der Waals surface area contributed by atoms with Gasteiger partial charge in [-0.3, -0.25) is 4.90 Å². The Kier molecular flexibility index (Phi) is 10.8. The Morgan fingerprint density at radius 1 is 0.347 bits per heavy atom. The van der Waals surface area contributed by atoms with E-state index >= 15 is 0 Å². The molecule has 0 saturated carbocycles. The van der Waals surface area contributed by atoms with Gasteiger partial charge in [-0.15, -0.1) is 14.1 Å². The van der Waals surface area contributed by atoms with Crippen LogP contribution in [0.4, 0.5) is 51.2 Å². The second kappa shape index (κ2) is 15.5. The van der Waals surface area contributed by atoms with Gasteiger partial charge in [0.05, 0.1) is 0 Å². The third-order valence-electron chi connectivity index (χ3n) is 8.87. The van der Waals surface area contributed by atoms with Crippen molar-refractivity contribution < 1.29 is 15.1 Å². The summed E-state index contributed by atoms with van der Waals surface area (Å²) < 4.78 is 0.455. The molecule has 0 aliphatic carbocycles. The molecule has 0 bridgehead atoms. The Bertz CT molecular complexity index is 1850. The number of rotatable bonds is 9. The molecule has 0 radical (unpaired) electrons. The van der Waals surface area contributed by atoms with Gasteiger partial charge in [-0.25, -0.2) is 0 Å². The Hall–Kier alpha value is -4.93. The molecule has 0 amide bonds. The number of para-hydroxylation sites is 9. The van der Waals surface area contributed by atoms with Crippen molar-refractivity contribution >= 4 is 61.3 Å². The first-order chi connectivity index (χ1) is 24.1. The Morgan fingerprint density at radius 3 is 0.898 bits per heavy atom. The molecule has 0 saturated heterocycles. The van der Waals surface area contributed by atoms with Gasteiger partial charge < -0.3 is 8.97 Å². The van der Waals surface area contributed by atoms with Crippen LogP contribution in [0.2, 0.25) is 0 Å². The molecule has 0 aliphatic heterocycles. The molecule has 0 unspecified atom stereocenters. The van der Waals surface area contributed by atoms with Crippen molar-refractivity contribution in [2.75, 3.05) is 4.90 Å². The van der Waals surface area contributed by atoms with E-state index < -0.39 is 0 Å². The monoisotopic (exact) mass is 705 g/mol. The van der Waals surface area contributed by atoms with Crippen molar-refractivity contribution in [1.82, 2.24) is 8.97 Å². The molecule has 7 rings (SSSR count). The normalized spacial score (nSPS) is 11.3. The fraction of sp³-hybridized carbons (Fsp3) is 0. The van der Waals surface area contributed by atoms with E-state index in [0.717, 1.165) is 51.2 Å². The number of quaternary nitrogens is 2. The molecule has 7 aromatic rings. The molecule has 5 heteroatoms. The molecule has 0 atom stereocenters. The maximum atomic E-state index is 4.97. The molecule has 0 spiro atoms. The van der Waals surface area contributed by atoms with Crippen LogP contribution in [-0.2, 0) is 15.1 Å². The first kappa shape index (κ1) is 34.0. The summed E-state index contributed by atoms with van der Waals surface area (Å²) in [6.45, 7) is 0. The van der Waals surface area contributed by atoms with Crippen molar-refractivity contribution in [3.05, 3.63) is 214 Å². The number of nitrogens with zero attached hydrogens (tertiary/aromatic N) is 3. The number of hydrogen-bond acceptors (Lipinski definition) is 1. The van der Waals surface area contributed by atoms with E-state index in [1.54, 1.807) is 0 Å². The van der Waals surface area contributed by atoms with Crippen molar-refractivity contribution in [2.45, 2.75) is 0 Å². The summed E-state index contributed by atoms with van der Waals surface area (Å²) in [6.07, 6.45) is 0. The molecular weight excluding hydrogens is 670 g/mol. The van der Waals surface area contributed by atoms with E-state index in [9.17, 15) is 0 Å². The summed E-state index contributed by atoms with van der Waals surface area (Å²) in [5, 5.41) is 0. The first-order valence-electron chi connectivity index (χ1n) is 16.0. The van der Waals surface area contributed by atoms with E-state index in [2.05, 4.69) is 230 Å². The molecule has 0 fully saturated rings. The first-order valence-corrected chi connectivity index (χ1v) is 17.3. The zero-order valence-electron chi connectivity index (χ0n) is 27.0. The van der Waals surface area contributed by atoms with Gasteiger partial charge in [0.25, 0.3) is 0 Å². The van der Waals surface area contributed by atoms with Crippen LogP contribution in [0.25, 0.3) is 0 Å². The quantitative estimate of drug-likeness (QED) is 0.0821. The van der Waals surface area contributed by atoms with Crippen LogP contribution >= 0.6 is 10.1 Å². The van der Waals surface area contributed by atoms with Crippen LogP contribution in [0.15, 0.2) is 200 Å². The number of hydrogen-bond donors (Lipinski definition) is 0. The third-order valence-corrected chi connectivity index (χ3v) is 8.87. The van der Waals surface area contributed by atoms with Crippen LogP contribution < -0.4 is 13.9 Å². The zero-order valence-corrected chi connectivity index (χ0v) is 28.7. The van der Waals surface area contributed by atoms with Gasteiger partial charge in [-0.2, -0.15) is 0 Å². The van der Waals surface area contributed by atoms with Gasteiger partial charge >= 0.3 is 25.2 Å². The third kappa shape index (κ3) is 6.58. The molecular formula is C44H37ClCuN3. The van der Waals surface area contributed by atoms with Gasteiger partial charge in [0.15, 0.2) is 0 Å². The molecule has 0 aromatic heterocycles. The minimum atomic E-state index is 0.227. The van der Waals surface area contributed by atoms with Crippen LogP contribution in [0, 0.1) is 14.1 Å². The summed E-state index contributed by atoms with van der Waals surface area (Å²) in [6, 6.07) is 69.9. The van der Waals surface area contributed by atoms with Gasteiger partial charge in [0.1, 0.15) is 45.5 Å². The molecule has 0 aliphatic rings. The average molecular weight is 707 g/mol. The number of benzene rings is 7. The van der Waals surface area contributed by atoms with Crippen LogP contribution in [-0.4, -0.2) is 0 Å². The second-order valence-electron chi connectivity index (χ2n) is 11.6. The Balaban J connectivity index is 0.00000205. The van der Waals surface area contributed by atoms with Gasteiger partial charge in [0.2, 0.25) is 0 Å². The fourth-order valence-electron chi connectivity index (χ4n) is 6.52. The summed E-state index contributed by atoms with van der Waals surface area (Å²) in [5.41, 5.74) is 9.37. The van der Waals surface area contributed by atoms with Gasteiger partial charge in [-0.05, 0) is 84.9 Å². The summed E-state index contributed by atoms with van der Waals surface area (Å²) >= 11 is 3.66. The van der Waals surface area contributed by atoms with Gasteiger partial charge in [-0.1, -0.05) is 115 Å². The van der Waals surface area contributed by atoms with Crippen molar-refractivity contribution in [2.24, 2.45) is 0 Å². The predicted molar refractivity (Wildman–Crippen MR) is 206 cm³/mol. The van der Waals surface area contributed by atoms with Crippen LogP contribution in [0.3, 0.4) is 0 Å². The minimum absolute atomic E-state index is 0.227. The van der Waals surface area contributed by atoms with Crippen LogP contribution in [0.5, 0.6) is 0 Å². The topological polar surface area (TPSA) is 3.24 Å². The van der Waals surface area contributed by atoms with E-state index in [4.69, 9.17) is 14.1 Å². The van der Waals surface area contributed by atoms with E-state index in [1.807, 2.05) is 0 Å². The average Bonchev–Trinajstić information content (AvgIpc) is 3.20. The summed E-state index contributed by atoms with van der Waals surface area (Å²) in [5.74, 6) is 0. The molecule has 0 heterocycles. The van der Waals surface area contributed by atoms with Crippen LogP contribution in [0.1, 0.15) is 0 Å². The summed E-state index contributed by atoms with van der Waals surface area (Å²) in [4.78, 5) is 2.36. The van der Waals surface area contributed by atoms with Crippen molar-refractivity contribution in [3.8, 4) is 0 Å². The molecule has 3 nitrogen and oxygen atoms in total. The Labute approximate surface area is 303 Å². The van der Waals surface area contributed by atoms with Gasteiger partial charge in [0, 0.05) is 5.69 Å². The maximum absolute atomic E-state index is 4.97. The molecule has 49 heavy (non-hydrogen) atoms. The molecule has 7 aromatic carbocycles. The van der Waals surface area contributed by atoms with Crippen molar-refractivity contribution in [1.29, 1.82) is 0 Å². The van der Waals surface area contributed by atoms with E-state index in [-0.39, 0.29) is 8.97 Å². The predicted octanol–water partition coefficient (Wildman–Crippen LogP) is 13.4.